The Morgan fingerprint density at radius 1 is 1.16 bits per heavy atom. The fourth-order valence-electron chi connectivity index (χ4n) is 1.99. The molecule has 0 aliphatic carbocycles. The second-order valence-corrected chi connectivity index (χ2v) is 4.74. The third-order valence-electron chi connectivity index (χ3n) is 3.30. The van der Waals surface area contributed by atoms with E-state index >= 15 is 0 Å². The van der Waals surface area contributed by atoms with Gasteiger partial charge in [-0.15, -0.1) is 0 Å². The second kappa shape index (κ2) is 5.85. The lowest BCUT2D eigenvalue weighted by Crippen LogP contribution is -2.05. The van der Waals surface area contributed by atoms with Crippen molar-refractivity contribution in [2.24, 2.45) is 0 Å². The Morgan fingerprint density at radius 3 is 2.63 bits per heavy atom. The Hall–Kier alpha value is -1.87. The zero-order valence-electron chi connectivity index (χ0n) is 11.6. The number of pyridine rings is 1. The summed E-state index contributed by atoms with van der Waals surface area (Å²) >= 11 is 0. The van der Waals surface area contributed by atoms with E-state index in [2.05, 4.69) is 31.0 Å². The van der Waals surface area contributed by atoms with Gasteiger partial charge in [-0.05, 0) is 36.6 Å². The molecule has 0 aliphatic heterocycles. The summed E-state index contributed by atoms with van der Waals surface area (Å²) in [5, 5.41) is 10.2. The summed E-state index contributed by atoms with van der Waals surface area (Å²) in [5.74, 6) is 0.525. The highest BCUT2D eigenvalue weighted by Crippen LogP contribution is 2.20. The highest BCUT2D eigenvalue weighted by Gasteiger charge is 2.11. The van der Waals surface area contributed by atoms with Gasteiger partial charge < -0.3 is 9.84 Å². The zero-order valence-corrected chi connectivity index (χ0v) is 11.6. The summed E-state index contributed by atoms with van der Waals surface area (Å²) in [5.41, 5.74) is 4.25. The van der Waals surface area contributed by atoms with Crippen LogP contribution in [-0.4, -0.2) is 17.2 Å². The Balaban J connectivity index is 2.15. The third kappa shape index (κ3) is 3.32. The third-order valence-corrected chi connectivity index (χ3v) is 3.30. The van der Waals surface area contributed by atoms with Crippen LogP contribution in [0.1, 0.15) is 28.5 Å². The van der Waals surface area contributed by atoms with Gasteiger partial charge in [0.15, 0.2) is 0 Å². The Labute approximate surface area is 113 Å². The van der Waals surface area contributed by atoms with Crippen molar-refractivity contribution < 1.29 is 9.84 Å². The molecular weight excluding hydrogens is 238 g/mol. The van der Waals surface area contributed by atoms with Crippen molar-refractivity contribution >= 4 is 0 Å². The minimum atomic E-state index is -0.614. The number of benzene rings is 1. The lowest BCUT2D eigenvalue weighted by Gasteiger charge is -2.12. The molecule has 1 unspecified atom stereocenters. The van der Waals surface area contributed by atoms with Gasteiger partial charge in [-0.3, -0.25) is 0 Å². The molecule has 1 atom stereocenters. The van der Waals surface area contributed by atoms with Gasteiger partial charge >= 0.3 is 0 Å². The Kier molecular flexibility index (Phi) is 4.17. The number of nitrogens with zero attached hydrogens (tertiary/aromatic N) is 1. The molecule has 19 heavy (non-hydrogen) atoms. The molecule has 2 rings (SSSR count). The van der Waals surface area contributed by atoms with Gasteiger partial charge in [0.2, 0.25) is 5.88 Å². The molecule has 0 amide bonds. The number of hydrogen-bond acceptors (Lipinski definition) is 3. The Morgan fingerprint density at radius 2 is 1.95 bits per heavy atom. The highest BCUT2D eigenvalue weighted by molar-refractivity contribution is 5.31. The average molecular weight is 257 g/mol. The molecule has 0 spiro atoms. The summed E-state index contributed by atoms with van der Waals surface area (Å²) in [4.78, 5) is 4.26. The van der Waals surface area contributed by atoms with E-state index in [0.717, 1.165) is 5.56 Å². The van der Waals surface area contributed by atoms with Crippen LogP contribution in [0.4, 0.5) is 0 Å². The molecule has 1 aromatic heterocycles. The first-order chi connectivity index (χ1) is 9.10. The zero-order chi connectivity index (χ0) is 13.8. The fourth-order valence-corrected chi connectivity index (χ4v) is 1.99. The maximum absolute atomic E-state index is 10.2. The number of ether oxygens (including phenoxy) is 1. The molecule has 0 radical (unpaired) electrons. The standard InChI is InChI=1S/C16H19NO2/c1-11-7-8-13(9-12(11)2)10-15(18)14-5-4-6-16(17-14)19-3/h4-9,15,18H,10H2,1-3H3. The maximum atomic E-state index is 10.2. The van der Waals surface area contributed by atoms with Crippen LogP contribution in [0.15, 0.2) is 36.4 Å². The fraction of sp³-hybridized carbons (Fsp3) is 0.312. The quantitative estimate of drug-likeness (QED) is 0.915. The number of rotatable bonds is 4. The molecule has 1 N–H and O–H groups in total. The van der Waals surface area contributed by atoms with Gasteiger partial charge in [-0.25, -0.2) is 4.98 Å². The van der Waals surface area contributed by atoms with Crippen molar-refractivity contribution in [3.8, 4) is 5.88 Å². The van der Waals surface area contributed by atoms with E-state index in [4.69, 9.17) is 4.74 Å². The number of aliphatic hydroxyl groups excluding tert-OH is 1. The van der Waals surface area contributed by atoms with E-state index in [9.17, 15) is 5.11 Å². The van der Waals surface area contributed by atoms with Gasteiger partial charge in [0.1, 0.15) is 6.10 Å². The molecule has 0 aliphatic rings. The van der Waals surface area contributed by atoms with Crippen LogP contribution < -0.4 is 4.74 Å². The van der Waals surface area contributed by atoms with Gasteiger partial charge in [-0.2, -0.15) is 0 Å². The van der Waals surface area contributed by atoms with Crippen LogP contribution >= 0.6 is 0 Å². The SMILES string of the molecule is COc1cccc(C(O)Cc2ccc(C)c(C)c2)n1. The average Bonchev–Trinajstić information content (AvgIpc) is 2.43. The summed E-state index contributed by atoms with van der Waals surface area (Å²) in [7, 11) is 1.57. The van der Waals surface area contributed by atoms with Gasteiger partial charge in [0, 0.05) is 12.5 Å². The lowest BCUT2D eigenvalue weighted by molar-refractivity contribution is 0.172. The number of aromatic nitrogens is 1. The summed E-state index contributed by atoms with van der Waals surface area (Å²) in [6.07, 6.45) is -0.0569. The molecule has 100 valence electrons. The van der Waals surface area contributed by atoms with Crippen molar-refractivity contribution in [1.29, 1.82) is 0 Å². The van der Waals surface area contributed by atoms with Crippen molar-refractivity contribution in [1.82, 2.24) is 4.98 Å². The van der Waals surface area contributed by atoms with Crippen molar-refractivity contribution in [2.75, 3.05) is 7.11 Å². The van der Waals surface area contributed by atoms with Crippen LogP contribution in [-0.2, 0) is 6.42 Å². The predicted octanol–water partition coefficient (Wildman–Crippen LogP) is 2.98. The first-order valence-electron chi connectivity index (χ1n) is 6.35. The lowest BCUT2D eigenvalue weighted by atomic mass is 10.0. The van der Waals surface area contributed by atoms with Gasteiger partial charge in [0.25, 0.3) is 0 Å². The van der Waals surface area contributed by atoms with Crippen LogP contribution in [0.25, 0.3) is 0 Å². The molecule has 3 nitrogen and oxygen atoms in total. The normalized spacial score (nSPS) is 12.2. The summed E-state index contributed by atoms with van der Waals surface area (Å²) in [6.45, 7) is 4.16. The van der Waals surface area contributed by atoms with E-state index in [1.54, 1.807) is 13.2 Å². The predicted molar refractivity (Wildman–Crippen MR) is 75.4 cm³/mol. The van der Waals surface area contributed by atoms with Crippen molar-refractivity contribution in [3.63, 3.8) is 0 Å². The van der Waals surface area contributed by atoms with Crippen LogP contribution in [0, 0.1) is 13.8 Å². The van der Waals surface area contributed by atoms with Crippen LogP contribution in [0.3, 0.4) is 0 Å². The second-order valence-electron chi connectivity index (χ2n) is 4.74. The number of methoxy groups -OCH3 is 1. The topological polar surface area (TPSA) is 42.4 Å². The number of aryl methyl sites for hydroxylation is 2. The van der Waals surface area contributed by atoms with Crippen molar-refractivity contribution in [2.45, 2.75) is 26.4 Å². The maximum Gasteiger partial charge on any atom is 0.213 e. The monoisotopic (exact) mass is 257 g/mol. The van der Waals surface area contributed by atoms with E-state index in [1.807, 2.05) is 18.2 Å². The molecular formula is C16H19NO2. The largest absolute Gasteiger partial charge is 0.481 e. The minimum absolute atomic E-state index is 0.525. The molecule has 2 aromatic rings. The number of aliphatic hydroxyl groups is 1. The van der Waals surface area contributed by atoms with Crippen LogP contribution in [0.5, 0.6) is 5.88 Å². The molecule has 0 saturated carbocycles. The smallest absolute Gasteiger partial charge is 0.213 e. The van der Waals surface area contributed by atoms with E-state index in [1.165, 1.54) is 11.1 Å². The summed E-state index contributed by atoms with van der Waals surface area (Å²) in [6, 6.07) is 11.7. The highest BCUT2D eigenvalue weighted by atomic mass is 16.5. The molecule has 1 heterocycles. The molecule has 3 heteroatoms. The van der Waals surface area contributed by atoms with E-state index in [-0.39, 0.29) is 0 Å². The minimum Gasteiger partial charge on any atom is -0.481 e. The van der Waals surface area contributed by atoms with E-state index in [0.29, 0.717) is 18.0 Å². The molecule has 0 fully saturated rings. The van der Waals surface area contributed by atoms with Gasteiger partial charge in [-0.1, -0.05) is 24.3 Å². The molecule has 0 saturated heterocycles. The van der Waals surface area contributed by atoms with Gasteiger partial charge in [0.05, 0.1) is 12.8 Å². The van der Waals surface area contributed by atoms with E-state index < -0.39 is 6.10 Å². The first kappa shape index (κ1) is 13.6. The summed E-state index contributed by atoms with van der Waals surface area (Å²) < 4.78 is 5.07. The Bertz CT molecular complexity index is 566. The molecule has 0 bridgehead atoms. The van der Waals surface area contributed by atoms with Crippen LogP contribution in [0.2, 0.25) is 0 Å². The van der Waals surface area contributed by atoms with Crippen molar-refractivity contribution in [3.05, 3.63) is 58.8 Å². The first-order valence-corrected chi connectivity index (χ1v) is 6.35. The number of hydrogen-bond donors (Lipinski definition) is 1. The molecule has 1 aromatic carbocycles.